The number of nitrogens with zero attached hydrogens (tertiary/aromatic N) is 1. The molecule has 0 fully saturated rings. The van der Waals surface area contributed by atoms with Gasteiger partial charge in [0.05, 0.1) is 30.9 Å². The van der Waals surface area contributed by atoms with E-state index in [0.717, 1.165) is 5.69 Å². The minimum atomic E-state index is -0.463. The van der Waals surface area contributed by atoms with Crippen LogP contribution in [0.3, 0.4) is 0 Å². The van der Waals surface area contributed by atoms with Crippen molar-refractivity contribution in [3.63, 3.8) is 0 Å². The summed E-state index contributed by atoms with van der Waals surface area (Å²) in [6, 6.07) is 8.16. The summed E-state index contributed by atoms with van der Waals surface area (Å²) in [5.74, 6) is -1.38. The van der Waals surface area contributed by atoms with Gasteiger partial charge in [-0.15, -0.1) is 0 Å². The average Bonchev–Trinajstić information content (AvgIpc) is 3.22. The number of carbonyl (C=O) groups is 3. The molecule has 7 heteroatoms. The predicted octanol–water partition coefficient (Wildman–Crippen LogP) is 3.32. The lowest BCUT2D eigenvalue weighted by molar-refractivity contribution is -0.142. The lowest BCUT2D eigenvalue weighted by Crippen LogP contribution is -2.12. The van der Waals surface area contributed by atoms with Gasteiger partial charge in [-0.25, -0.2) is 4.79 Å². The minimum absolute atomic E-state index is 0.214. The number of carbonyl (C=O) groups excluding carboxylic acids is 3. The molecule has 6 nitrogen and oxygen atoms in total. The van der Waals surface area contributed by atoms with Crippen molar-refractivity contribution in [1.82, 2.24) is 4.57 Å². The van der Waals surface area contributed by atoms with Gasteiger partial charge in [-0.1, -0.05) is 12.1 Å². The molecule has 2 aromatic rings. The smallest absolute Gasteiger partial charge is 0.338 e. The Bertz CT molecular complexity index is 886. The number of hydrogen-bond donors (Lipinski definition) is 0. The van der Waals surface area contributed by atoms with Gasteiger partial charge in [-0.05, 0) is 47.5 Å². The zero-order valence-electron chi connectivity index (χ0n) is 14.5. The van der Waals surface area contributed by atoms with Crippen molar-refractivity contribution in [1.29, 1.82) is 0 Å². The van der Waals surface area contributed by atoms with E-state index in [9.17, 15) is 14.4 Å². The van der Waals surface area contributed by atoms with Gasteiger partial charge in [0, 0.05) is 22.3 Å². The fourth-order valence-electron chi connectivity index (χ4n) is 3.23. The molecule has 0 N–H and O–H groups in total. The normalized spacial score (nSPS) is 15.4. The topological polar surface area (TPSA) is 74.6 Å². The molecule has 1 atom stereocenters. The van der Waals surface area contributed by atoms with Crippen molar-refractivity contribution < 1.29 is 23.9 Å². The number of rotatable bonds is 5. The molecular formula is C19H18BrNO5. The van der Waals surface area contributed by atoms with Gasteiger partial charge in [-0.2, -0.15) is 0 Å². The number of fused-ring (bicyclic) bond motifs is 1. The molecule has 0 saturated heterocycles. The van der Waals surface area contributed by atoms with Gasteiger partial charge in [0.15, 0.2) is 0 Å². The number of ether oxygens (including phenoxy) is 2. The first-order chi connectivity index (χ1) is 12.5. The van der Waals surface area contributed by atoms with E-state index in [2.05, 4.69) is 15.9 Å². The lowest BCUT2D eigenvalue weighted by Gasteiger charge is -2.08. The van der Waals surface area contributed by atoms with Crippen LogP contribution in [0.1, 0.15) is 51.4 Å². The molecule has 1 aromatic heterocycles. The first kappa shape index (κ1) is 18.4. The van der Waals surface area contributed by atoms with E-state index in [4.69, 9.17) is 9.47 Å². The van der Waals surface area contributed by atoms with Crippen molar-refractivity contribution in [3.8, 4) is 0 Å². The van der Waals surface area contributed by atoms with Crippen molar-refractivity contribution in [2.24, 2.45) is 0 Å². The molecule has 1 aliphatic heterocycles. The number of methoxy groups -OCH3 is 1. The largest absolute Gasteiger partial charge is 0.469 e. The van der Waals surface area contributed by atoms with Crippen molar-refractivity contribution in [2.45, 2.75) is 25.8 Å². The standard InChI is InChI=1S/C19H18BrNO5/c1-3-26-18(23)12-6-4-5-11(9-12)17(22)15-10-14(20)16-13(19(24)25-2)7-8-21(15)16/h4-6,9-10,13H,3,7-8H2,1-2H3. The number of aromatic nitrogens is 1. The quantitative estimate of drug-likeness (QED) is 0.548. The maximum absolute atomic E-state index is 13.0. The maximum Gasteiger partial charge on any atom is 0.338 e. The Kier molecular flexibility index (Phi) is 5.27. The zero-order valence-corrected chi connectivity index (χ0v) is 16.0. The number of hydrogen-bond acceptors (Lipinski definition) is 5. The molecule has 0 aliphatic carbocycles. The van der Waals surface area contributed by atoms with Crippen LogP contribution in [0.15, 0.2) is 34.8 Å². The van der Waals surface area contributed by atoms with Crippen LogP contribution >= 0.6 is 15.9 Å². The number of halogens is 1. The second-order valence-corrected chi connectivity index (χ2v) is 6.76. The SMILES string of the molecule is CCOC(=O)c1cccc(C(=O)c2cc(Br)c3n2CCC3C(=O)OC)c1. The highest BCUT2D eigenvalue weighted by atomic mass is 79.9. The summed E-state index contributed by atoms with van der Waals surface area (Å²) < 4.78 is 12.4. The van der Waals surface area contributed by atoms with Gasteiger partial charge < -0.3 is 14.0 Å². The Morgan fingerprint density at radius 1 is 1.23 bits per heavy atom. The molecule has 1 aliphatic rings. The molecule has 0 radical (unpaired) electrons. The molecule has 26 heavy (non-hydrogen) atoms. The molecule has 1 unspecified atom stereocenters. The number of esters is 2. The Hall–Kier alpha value is -2.41. The average molecular weight is 420 g/mol. The molecule has 0 spiro atoms. The number of ketones is 1. The fraction of sp³-hybridized carbons (Fsp3) is 0.316. The third-order valence-corrected chi connectivity index (χ3v) is 5.05. The molecule has 0 amide bonds. The van der Waals surface area contributed by atoms with Crippen molar-refractivity contribution >= 4 is 33.7 Å². The Morgan fingerprint density at radius 3 is 2.65 bits per heavy atom. The molecule has 2 heterocycles. The summed E-state index contributed by atoms with van der Waals surface area (Å²) >= 11 is 3.45. The van der Waals surface area contributed by atoms with Crippen molar-refractivity contribution in [3.05, 3.63) is 57.3 Å². The molecule has 0 bridgehead atoms. The summed E-state index contributed by atoms with van der Waals surface area (Å²) in [5, 5.41) is 0. The highest BCUT2D eigenvalue weighted by Crippen LogP contribution is 2.38. The van der Waals surface area contributed by atoms with Crippen molar-refractivity contribution in [2.75, 3.05) is 13.7 Å². The molecule has 136 valence electrons. The Balaban J connectivity index is 1.96. The summed E-state index contributed by atoms with van der Waals surface area (Å²) in [5.41, 5.74) is 1.95. The third-order valence-electron chi connectivity index (χ3n) is 4.42. The van der Waals surface area contributed by atoms with E-state index in [1.54, 1.807) is 31.2 Å². The van der Waals surface area contributed by atoms with Crippen LogP contribution in [-0.2, 0) is 20.8 Å². The first-order valence-electron chi connectivity index (χ1n) is 8.26. The Morgan fingerprint density at radius 2 is 1.96 bits per heavy atom. The zero-order chi connectivity index (χ0) is 18.8. The molecular weight excluding hydrogens is 402 g/mol. The second kappa shape index (κ2) is 7.45. The number of benzene rings is 1. The van der Waals surface area contributed by atoms with Crippen LogP contribution in [0.5, 0.6) is 0 Å². The lowest BCUT2D eigenvalue weighted by atomic mass is 10.0. The van der Waals surface area contributed by atoms with E-state index >= 15 is 0 Å². The fourth-order valence-corrected chi connectivity index (χ4v) is 3.94. The van der Waals surface area contributed by atoms with Crippen LogP contribution in [0.4, 0.5) is 0 Å². The van der Waals surface area contributed by atoms with E-state index in [1.165, 1.54) is 13.2 Å². The Labute approximate surface area is 159 Å². The predicted molar refractivity (Wildman–Crippen MR) is 97.3 cm³/mol. The van der Waals surface area contributed by atoms with Gasteiger partial charge in [0.1, 0.15) is 0 Å². The van der Waals surface area contributed by atoms with Crippen LogP contribution < -0.4 is 0 Å². The highest BCUT2D eigenvalue weighted by molar-refractivity contribution is 9.10. The van der Waals surface area contributed by atoms with E-state index in [-0.39, 0.29) is 24.3 Å². The highest BCUT2D eigenvalue weighted by Gasteiger charge is 2.35. The monoisotopic (exact) mass is 419 g/mol. The van der Waals surface area contributed by atoms with Crippen LogP contribution in [0, 0.1) is 0 Å². The summed E-state index contributed by atoms with van der Waals surface area (Å²) in [6.07, 6.45) is 0.588. The van der Waals surface area contributed by atoms with E-state index in [0.29, 0.717) is 34.3 Å². The maximum atomic E-state index is 13.0. The van der Waals surface area contributed by atoms with Crippen LogP contribution in [-0.4, -0.2) is 36.0 Å². The summed E-state index contributed by atoms with van der Waals surface area (Å²) in [4.78, 5) is 36.9. The summed E-state index contributed by atoms with van der Waals surface area (Å²) in [7, 11) is 1.36. The van der Waals surface area contributed by atoms with Crippen LogP contribution in [0.2, 0.25) is 0 Å². The second-order valence-electron chi connectivity index (χ2n) is 5.91. The van der Waals surface area contributed by atoms with Crippen LogP contribution in [0.25, 0.3) is 0 Å². The van der Waals surface area contributed by atoms with Gasteiger partial charge in [0.25, 0.3) is 0 Å². The molecule has 1 aromatic carbocycles. The summed E-state index contributed by atoms with van der Waals surface area (Å²) in [6.45, 7) is 2.55. The van der Waals surface area contributed by atoms with E-state index < -0.39 is 5.97 Å². The minimum Gasteiger partial charge on any atom is -0.469 e. The van der Waals surface area contributed by atoms with Gasteiger partial charge in [-0.3, -0.25) is 9.59 Å². The molecule has 3 rings (SSSR count). The van der Waals surface area contributed by atoms with Gasteiger partial charge >= 0.3 is 11.9 Å². The first-order valence-corrected chi connectivity index (χ1v) is 9.05. The van der Waals surface area contributed by atoms with E-state index in [1.807, 2.05) is 4.57 Å². The van der Waals surface area contributed by atoms with Gasteiger partial charge in [0.2, 0.25) is 5.78 Å². The third kappa shape index (κ3) is 3.19. The molecule has 0 saturated carbocycles.